The van der Waals surface area contributed by atoms with Crippen LogP contribution in [0.25, 0.3) is 0 Å². The van der Waals surface area contributed by atoms with Crippen molar-refractivity contribution < 1.29 is 27.4 Å². The van der Waals surface area contributed by atoms with Crippen molar-refractivity contribution in [1.29, 1.82) is 0 Å². The van der Waals surface area contributed by atoms with Crippen LogP contribution in [0.4, 0.5) is 13.2 Å². The molecule has 0 fully saturated rings. The van der Waals surface area contributed by atoms with Gasteiger partial charge in [0.15, 0.2) is 17.2 Å². The lowest BCUT2D eigenvalue weighted by molar-refractivity contribution is -0.141. The Morgan fingerprint density at radius 3 is 2.96 bits per heavy atom. The van der Waals surface area contributed by atoms with Crippen molar-refractivity contribution in [3.05, 3.63) is 41.2 Å². The molecule has 0 spiro atoms. The van der Waals surface area contributed by atoms with Crippen molar-refractivity contribution in [2.45, 2.75) is 12.6 Å². The van der Waals surface area contributed by atoms with Crippen LogP contribution in [0.5, 0.6) is 11.5 Å². The van der Waals surface area contributed by atoms with E-state index in [9.17, 15) is 18.0 Å². The number of alkyl halides is 3. The van der Waals surface area contributed by atoms with Gasteiger partial charge in [0.2, 0.25) is 0 Å². The molecule has 1 unspecified atom stereocenters. The molecule has 1 aromatic carbocycles. The molecule has 134 valence electrons. The van der Waals surface area contributed by atoms with Crippen LogP contribution in [0.15, 0.2) is 24.3 Å². The lowest BCUT2D eigenvalue weighted by atomic mass is 9.96. The molecule has 2 N–H and O–H groups in total. The van der Waals surface area contributed by atoms with Gasteiger partial charge in [-0.1, -0.05) is 12.1 Å². The van der Waals surface area contributed by atoms with Crippen LogP contribution >= 0.6 is 0 Å². The van der Waals surface area contributed by atoms with Crippen molar-refractivity contribution in [2.24, 2.45) is 5.92 Å². The van der Waals surface area contributed by atoms with Gasteiger partial charge in [-0.05, 0) is 18.1 Å². The van der Waals surface area contributed by atoms with Gasteiger partial charge in [-0.15, -0.1) is 0 Å². The number of amides is 1. The number of carbonyl (C=O) groups is 1. The molecule has 3 rings (SSSR count). The van der Waals surface area contributed by atoms with Crippen LogP contribution < -0.4 is 14.8 Å². The fraction of sp³-hybridized carbons (Fsp3) is 0.375. The van der Waals surface area contributed by atoms with Gasteiger partial charge in [0.25, 0.3) is 5.91 Å². The Hall–Kier alpha value is -2.71. The van der Waals surface area contributed by atoms with Crippen molar-refractivity contribution >= 4 is 5.91 Å². The summed E-state index contributed by atoms with van der Waals surface area (Å²) in [6.07, 6.45) is -3.90. The third-order valence-corrected chi connectivity index (χ3v) is 3.92. The summed E-state index contributed by atoms with van der Waals surface area (Å²) >= 11 is 0. The lowest BCUT2D eigenvalue weighted by Crippen LogP contribution is -2.35. The maximum Gasteiger partial charge on any atom is 0.432 e. The number of methoxy groups -OCH3 is 1. The number of ether oxygens (including phenoxy) is 2. The number of aromatic nitrogens is 2. The van der Waals surface area contributed by atoms with Crippen molar-refractivity contribution in [3.8, 4) is 11.5 Å². The van der Waals surface area contributed by atoms with Crippen molar-refractivity contribution in [2.75, 3.05) is 20.3 Å². The fourth-order valence-corrected chi connectivity index (χ4v) is 2.66. The molecule has 0 saturated carbocycles. The zero-order chi connectivity index (χ0) is 18.0. The summed E-state index contributed by atoms with van der Waals surface area (Å²) in [4.78, 5) is 12.0. The molecule has 0 aliphatic carbocycles. The Bertz CT molecular complexity index is 773. The van der Waals surface area contributed by atoms with Gasteiger partial charge in [0.1, 0.15) is 5.69 Å². The summed E-state index contributed by atoms with van der Waals surface area (Å²) in [5.74, 6) is 0.679. The molecule has 25 heavy (non-hydrogen) atoms. The Morgan fingerprint density at radius 1 is 1.48 bits per heavy atom. The van der Waals surface area contributed by atoms with Gasteiger partial charge < -0.3 is 14.8 Å². The number of hydrogen-bond donors (Lipinski definition) is 2. The predicted octanol–water partition coefficient (Wildman–Crippen LogP) is 2.42. The van der Waals surface area contributed by atoms with E-state index >= 15 is 0 Å². The summed E-state index contributed by atoms with van der Waals surface area (Å²) < 4.78 is 48.5. The smallest absolute Gasteiger partial charge is 0.432 e. The average molecular weight is 355 g/mol. The molecule has 1 atom stereocenters. The highest BCUT2D eigenvalue weighted by Crippen LogP contribution is 2.35. The van der Waals surface area contributed by atoms with E-state index < -0.39 is 17.8 Å². The van der Waals surface area contributed by atoms with Gasteiger partial charge in [-0.25, -0.2) is 0 Å². The first-order valence-corrected chi connectivity index (χ1v) is 7.58. The Kier molecular flexibility index (Phi) is 4.56. The van der Waals surface area contributed by atoms with E-state index in [4.69, 9.17) is 9.47 Å². The number of benzene rings is 1. The first-order valence-electron chi connectivity index (χ1n) is 7.58. The molecular formula is C16H16F3N3O3. The summed E-state index contributed by atoms with van der Waals surface area (Å²) in [6.45, 7) is 0.645. The fourth-order valence-electron chi connectivity index (χ4n) is 2.66. The Labute approximate surface area is 141 Å². The topological polar surface area (TPSA) is 76.2 Å². The number of aromatic amines is 1. The molecule has 2 aromatic rings. The number of hydrogen-bond acceptors (Lipinski definition) is 4. The Balaban J connectivity index is 1.59. The van der Waals surface area contributed by atoms with Gasteiger partial charge in [-0.2, -0.15) is 18.3 Å². The quantitative estimate of drug-likeness (QED) is 0.883. The maximum atomic E-state index is 12.5. The molecule has 1 aromatic heterocycles. The van der Waals surface area contributed by atoms with E-state index in [1.54, 1.807) is 13.2 Å². The summed E-state index contributed by atoms with van der Waals surface area (Å²) in [7, 11) is 1.56. The molecular weight excluding hydrogens is 339 g/mol. The number of carbonyl (C=O) groups excluding carboxylic acids is 1. The third-order valence-electron chi connectivity index (χ3n) is 3.92. The number of nitrogens with one attached hydrogen (secondary N) is 2. The average Bonchev–Trinajstić information content (AvgIpc) is 3.09. The van der Waals surface area contributed by atoms with Crippen molar-refractivity contribution in [1.82, 2.24) is 15.5 Å². The monoisotopic (exact) mass is 355 g/mol. The number of fused-ring (bicyclic) bond motifs is 1. The first-order chi connectivity index (χ1) is 11.9. The lowest BCUT2D eigenvalue weighted by Gasteiger charge is -2.26. The summed E-state index contributed by atoms with van der Waals surface area (Å²) in [5.41, 5.74) is -0.394. The van der Waals surface area contributed by atoms with Gasteiger partial charge in [0.05, 0.1) is 13.7 Å². The molecule has 1 aliphatic heterocycles. The number of para-hydroxylation sites is 1. The van der Waals surface area contributed by atoms with E-state index in [1.165, 1.54) is 0 Å². The van der Waals surface area contributed by atoms with Gasteiger partial charge in [0, 0.05) is 18.5 Å². The maximum absolute atomic E-state index is 12.5. The van der Waals surface area contributed by atoms with Crippen molar-refractivity contribution in [3.63, 3.8) is 0 Å². The highest BCUT2D eigenvalue weighted by Gasteiger charge is 2.34. The highest BCUT2D eigenvalue weighted by molar-refractivity contribution is 5.92. The number of halogens is 3. The number of H-pyrrole nitrogens is 1. The normalized spacial score (nSPS) is 16.7. The molecule has 1 amide bonds. The van der Waals surface area contributed by atoms with Crippen LogP contribution in [-0.4, -0.2) is 36.4 Å². The minimum atomic E-state index is -4.56. The largest absolute Gasteiger partial charge is 0.493 e. The molecule has 0 saturated heterocycles. The van der Waals surface area contributed by atoms with Crippen LogP contribution in [0.3, 0.4) is 0 Å². The number of rotatable bonds is 4. The SMILES string of the molecule is COc1cccc2c1OCC(CNC(=O)c1cc(C(F)(F)F)[nH]n1)C2. The summed E-state index contributed by atoms with van der Waals surface area (Å²) in [5, 5.41) is 7.81. The standard InChI is InChI=1S/C16H16F3N3O3/c1-24-12-4-2-3-10-5-9(8-25-14(10)12)7-20-15(23)11-6-13(22-21-11)16(17,18)19/h2-4,6,9H,5,7-8H2,1H3,(H,20,23)(H,21,22). The third kappa shape index (κ3) is 3.70. The number of nitrogens with zero attached hydrogens (tertiary/aromatic N) is 1. The van der Waals surface area contributed by atoms with E-state index in [0.717, 1.165) is 5.56 Å². The minimum Gasteiger partial charge on any atom is -0.493 e. The molecule has 9 heteroatoms. The molecule has 0 bridgehead atoms. The second-order valence-corrected chi connectivity index (χ2v) is 5.70. The van der Waals surface area contributed by atoms with Gasteiger partial charge >= 0.3 is 6.18 Å². The van der Waals surface area contributed by atoms with E-state index in [-0.39, 0.29) is 18.2 Å². The van der Waals surface area contributed by atoms with E-state index in [2.05, 4.69) is 10.4 Å². The molecule has 0 radical (unpaired) electrons. The summed E-state index contributed by atoms with van der Waals surface area (Å²) in [6, 6.07) is 6.25. The molecule has 2 heterocycles. The second-order valence-electron chi connectivity index (χ2n) is 5.70. The first kappa shape index (κ1) is 17.1. The van der Waals surface area contributed by atoms with E-state index in [0.29, 0.717) is 30.6 Å². The van der Waals surface area contributed by atoms with Crippen LogP contribution in [0.1, 0.15) is 21.7 Å². The molecule has 1 aliphatic rings. The zero-order valence-electron chi connectivity index (χ0n) is 13.3. The minimum absolute atomic E-state index is 0.00424. The molecule has 6 nitrogen and oxygen atoms in total. The van der Waals surface area contributed by atoms with Crippen LogP contribution in [0.2, 0.25) is 0 Å². The van der Waals surface area contributed by atoms with Crippen LogP contribution in [-0.2, 0) is 12.6 Å². The zero-order valence-corrected chi connectivity index (χ0v) is 13.3. The van der Waals surface area contributed by atoms with E-state index in [1.807, 2.05) is 17.2 Å². The predicted molar refractivity (Wildman–Crippen MR) is 81.6 cm³/mol. The van der Waals surface area contributed by atoms with Crippen LogP contribution in [0, 0.1) is 5.92 Å². The van der Waals surface area contributed by atoms with Gasteiger partial charge in [-0.3, -0.25) is 9.89 Å². The highest BCUT2D eigenvalue weighted by atomic mass is 19.4. The Morgan fingerprint density at radius 2 is 2.28 bits per heavy atom. The second kappa shape index (κ2) is 6.66.